The highest BCUT2D eigenvalue weighted by molar-refractivity contribution is 7.90. The number of carbonyl (C=O) groups excluding carboxylic acids is 2. The lowest BCUT2D eigenvalue weighted by molar-refractivity contribution is -0.137. The number of nitrogens with two attached hydrogens (primary N) is 1. The number of fused-ring (bicyclic) bond motifs is 1. The van der Waals surface area contributed by atoms with E-state index >= 15 is 0 Å². The van der Waals surface area contributed by atoms with E-state index in [2.05, 4.69) is 4.40 Å². The number of esters is 1. The summed E-state index contributed by atoms with van der Waals surface area (Å²) in [7, 11) is -1.03. The first kappa shape index (κ1) is 20.3. The number of amidine groups is 1. The zero-order valence-corrected chi connectivity index (χ0v) is 16.3. The van der Waals surface area contributed by atoms with Crippen molar-refractivity contribution in [3.8, 4) is 0 Å². The number of rotatable bonds is 4. The Morgan fingerprint density at radius 1 is 1.21 bits per heavy atom. The second kappa shape index (κ2) is 7.16. The molecule has 12 nitrogen and oxygen atoms in total. The van der Waals surface area contributed by atoms with Gasteiger partial charge >= 0.3 is 11.7 Å². The minimum atomic E-state index is -3.52. The van der Waals surface area contributed by atoms with Gasteiger partial charge in [0, 0.05) is 26.8 Å². The number of aromatic nitrogens is 2. The monoisotopic (exact) mass is 423 g/mol. The van der Waals surface area contributed by atoms with Crippen LogP contribution in [0, 0.1) is 0 Å². The van der Waals surface area contributed by atoms with E-state index in [9.17, 15) is 27.6 Å². The van der Waals surface area contributed by atoms with Crippen LogP contribution in [-0.4, -0.2) is 58.9 Å². The highest BCUT2D eigenvalue weighted by Gasteiger charge is 2.26. The Balaban J connectivity index is 1.75. The zero-order valence-electron chi connectivity index (χ0n) is 15.5. The van der Waals surface area contributed by atoms with Gasteiger partial charge in [-0.15, -0.1) is 4.40 Å². The van der Waals surface area contributed by atoms with Gasteiger partial charge in [0.2, 0.25) is 5.78 Å². The first-order chi connectivity index (χ1) is 13.5. The largest absolute Gasteiger partial charge is 0.454 e. The number of Topliss-reactive ketones (excluding diaryl/α,β-unsaturated/α-hetero) is 1. The molecule has 1 aromatic rings. The number of ether oxygens (including phenoxy) is 1. The predicted octanol–water partition coefficient (Wildman–Crippen LogP) is -2.11. The maximum atomic E-state index is 12.4. The van der Waals surface area contributed by atoms with Crippen molar-refractivity contribution < 1.29 is 22.7 Å². The molecule has 0 aliphatic carbocycles. The summed E-state index contributed by atoms with van der Waals surface area (Å²) in [6, 6.07) is 0. The van der Waals surface area contributed by atoms with Crippen molar-refractivity contribution in [1.29, 1.82) is 0 Å². The summed E-state index contributed by atoms with van der Waals surface area (Å²) in [5, 5.41) is 0. The smallest absolute Gasteiger partial charge is 0.340 e. The van der Waals surface area contributed by atoms with Gasteiger partial charge in [-0.1, -0.05) is 0 Å². The fraction of sp³-hybridized carbons (Fsp3) is 0.312. The highest BCUT2D eigenvalue weighted by Crippen LogP contribution is 2.16. The molecule has 0 spiro atoms. The lowest BCUT2D eigenvalue weighted by Gasteiger charge is -2.26. The van der Waals surface area contributed by atoms with Crippen molar-refractivity contribution in [3.05, 3.63) is 50.3 Å². The van der Waals surface area contributed by atoms with Crippen LogP contribution in [0.1, 0.15) is 10.4 Å². The minimum absolute atomic E-state index is 0.0670. The Labute approximate surface area is 164 Å². The number of hydrogen-bond donors (Lipinski definition) is 1. The summed E-state index contributed by atoms with van der Waals surface area (Å²) in [4.78, 5) is 50.1. The van der Waals surface area contributed by atoms with Gasteiger partial charge in [-0.2, -0.15) is 0 Å². The maximum Gasteiger partial charge on any atom is 0.340 e. The van der Waals surface area contributed by atoms with Gasteiger partial charge in [0.25, 0.3) is 15.6 Å². The van der Waals surface area contributed by atoms with Gasteiger partial charge < -0.3 is 15.4 Å². The third-order valence-corrected chi connectivity index (χ3v) is 5.55. The molecule has 0 atom stereocenters. The molecule has 154 valence electrons. The Hall–Kier alpha value is -3.48. The lowest BCUT2D eigenvalue weighted by atomic mass is 10.2. The van der Waals surface area contributed by atoms with E-state index in [4.69, 9.17) is 10.5 Å². The Bertz CT molecular complexity index is 1230. The van der Waals surface area contributed by atoms with Crippen molar-refractivity contribution in [2.45, 2.75) is 0 Å². The van der Waals surface area contributed by atoms with Crippen molar-refractivity contribution in [1.82, 2.24) is 14.0 Å². The standard InChI is InChI=1S/C16H17N5O7S/c1-19-13(17)12(14(23)20(2)16(19)25)10(22)8-28-15(24)9-3-4-11-18-29(26,27)6-5-21(11)7-9/h3-4,7H,5-6,8,17H2,1-2H3. The van der Waals surface area contributed by atoms with Crippen LogP contribution >= 0.6 is 0 Å². The summed E-state index contributed by atoms with van der Waals surface area (Å²) in [5.74, 6) is -2.07. The van der Waals surface area contributed by atoms with E-state index < -0.39 is 45.2 Å². The Kier molecular flexibility index (Phi) is 5.00. The normalized spacial score (nSPS) is 17.2. The summed E-state index contributed by atoms with van der Waals surface area (Å²) in [6.07, 6.45) is 4.01. The molecule has 2 aliphatic rings. The van der Waals surface area contributed by atoms with E-state index in [0.29, 0.717) is 0 Å². The van der Waals surface area contributed by atoms with Gasteiger partial charge in [-0.05, 0) is 12.2 Å². The molecule has 3 heterocycles. The number of ketones is 1. The Morgan fingerprint density at radius 3 is 2.59 bits per heavy atom. The van der Waals surface area contributed by atoms with Crippen molar-refractivity contribution in [2.75, 3.05) is 24.6 Å². The summed E-state index contributed by atoms with van der Waals surface area (Å²) in [6.45, 7) is -0.650. The van der Waals surface area contributed by atoms with Crippen molar-refractivity contribution >= 4 is 33.4 Å². The molecular weight excluding hydrogens is 406 g/mol. The molecule has 0 saturated carbocycles. The van der Waals surface area contributed by atoms with Crippen molar-refractivity contribution in [3.63, 3.8) is 0 Å². The second-order valence-electron chi connectivity index (χ2n) is 6.31. The number of carbonyl (C=O) groups is 2. The minimum Gasteiger partial charge on any atom is -0.454 e. The summed E-state index contributed by atoms with van der Waals surface area (Å²) >= 11 is 0. The van der Waals surface area contributed by atoms with Gasteiger partial charge in [-0.25, -0.2) is 18.0 Å². The lowest BCUT2D eigenvalue weighted by Crippen LogP contribution is -2.42. The first-order valence-corrected chi connectivity index (χ1v) is 9.88. The average Bonchev–Trinajstić information content (AvgIpc) is 2.68. The van der Waals surface area contributed by atoms with Crippen LogP contribution in [0.15, 0.2) is 37.9 Å². The number of nitrogens with zero attached hydrogens (tertiary/aromatic N) is 4. The average molecular weight is 423 g/mol. The number of anilines is 1. The van der Waals surface area contributed by atoms with Crippen LogP contribution in [0.5, 0.6) is 0 Å². The highest BCUT2D eigenvalue weighted by atomic mass is 32.2. The van der Waals surface area contributed by atoms with Crippen LogP contribution in [0.2, 0.25) is 0 Å². The molecular formula is C16H17N5O7S. The van der Waals surface area contributed by atoms with Crippen LogP contribution in [-0.2, 0) is 33.7 Å². The molecule has 0 saturated heterocycles. The van der Waals surface area contributed by atoms with Crippen LogP contribution < -0.4 is 17.0 Å². The molecule has 2 N–H and O–H groups in total. The zero-order chi connectivity index (χ0) is 21.5. The molecule has 0 amide bonds. The number of hydrogen-bond acceptors (Lipinski definition) is 9. The van der Waals surface area contributed by atoms with Gasteiger partial charge in [0.1, 0.15) is 17.2 Å². The SMILES string of the molecule is Cn1c(N)c(C(=O)COC(=O)C2=CN3CCS(=O)(=O)N=C3C=C2)c(=O)n(C)c1=O. The molecule has 0 bridgehead atoms. The molecule has 0 radical (unpaired) electrons. The number of nitrogen functional groups attached to an aromatic ring is 1. The van der Waals surface area contributed by atoms with E-state index in [-0.39, 0.29) is 29.5 Å². The third kappa shape index (κ3) is 3.76. The van der Waals surface area contributed by atoms with Crippen LogP contribution in [0.3, 0.4) is 0 Å². The Morgan fingerprint density at radius 2 is 1.90 bits per heavy atom. The predicted molar refractivity (Wildman–Crippen MR) is 102 cm³/mol. The van der Waals surface area contributed by atoms with E-state index in [0.717, 1.165) is 9.13 Å². The molecule has 0 fully saturated rings. The van der Waals surface area contributed by atoms with E-state index in [1.807, 2.05) is 0 Å². The third-order valence-electron chi connectivity index (χ3n) is 4.38. The molecule has 0 unspecified atom stereocenters. The summed E-state index contributed by atoms with van der Waals surface area (Å²) < 4.78 is 33.2. The first-order valence-electron chi connectivity index (χ1n) is 8.27. The molecule has 29 heavy (non-hydrogen) atoms. The quantitative estimate of drug-likeness (QED) is 0.422. The maximum absolute atomic E-state index is 12.4. The molecule has 1 aromatic heterocycles. The summed E-state index contributed by atoms with van der Waals surface area (Å²) in [5.41, 5.74) is 3.72. The van der Waals surface area contributed by atoms with Crippen LogP contribution in [0.25, 0.3) is 0 Å². The fourth-order valence-corrected chi connectivity index (χ4v) is 3.70. The van der Waals surface area contributed by atoms with Gasteiger partial charge in [0.05, 0.1) is 11.3 Å². The number of sulfonamides is 1. The van der Waals surface area contributed by atoms with Gasteiger partial charge in [0.15, 0.2) is 6.61 Å². The molecule has 2 aliphatic heterocycles. The topological polar surface area (TPSA) is 163 Å². The van der Waals surface area contributed by atoms with E-state index in [1.54, 1.807) is 0 Å². The molecule has 3 rings (SSSR count). The van der Waals surface area contributed by atoms with Gasteiger partial charge in [-0.3, -0.25) is 18.7 Å². The fourth-order valence-electron chi connectivity index (χ4n) is 2.73. The second-order valence-corrected chi connectivity index (χ2v) is 8.07. The van der Waals surface area contributed by atoms with E-state index in [1.165, 1.54) is 37.3 Å². The molecule has 13 heteroatoms. The van der Waals surface area contributed by atoms with Crippen LogP contribution in [0.4, 0.5) is 5.82 Å². The van der Waals surface area contributed by atoms with Crippen molar-refractivity contribution in [2.24, 2.45) is 18.5 Å². The molecule has 0 aromatic carbocycles.